The normalized spacial score (nSPS) is 20.8. The van der Waals surface area contributed by atoms with Crippen LogP contribution in [0.2, 0.25) is 0 Å². The Kier molecular flexibility index (Phi) is 5.69. The lowest BCUT2D eigenvalue weighted by atomic mass is 9.70. The van der Waals surface area contributed by atoms with Crippen molar-refractivity contribution in [2.45, 2.75) is 39.5 Å². The Bertz CT molecular complexity index is 939. The van der Waals surface area contributed by atoms with Crippen molar-refractivity contribution in [2.75, 3.05) is 18.1 Å². The number of rotatable bonds is 3. The highest BCUT2D eigenvalue weighted by molar-refractivity contribution is 7.59. The topological polar surface area (TPSA) is 57.6 Å². The van der Waals surface area contributed by atoms with Crippen LogP contribution < -0.4 is 4.90 Å². The number of hydrogen-bond donors (Lipinski definition) is 1. The van der Waals surface area contributed by atoms with Gasteiger partial charge in [-0.3, -0.25) is 9.59 Å². The van der Waals surface area contributed by atoms with E-state index >= 15 is 0 Å². The summed E-state index contributed by atoms with van der Waals surface area (Å²) in [5, 5.41) is 9.14. The van der Waals surface area contributed by atoms with E-state index in [-0.39, 0.29) is 30.6 Å². The van der Waals surface area contributed by atoms with E-state index in [1.165, 1.54) is 11.1 Å². The highest BCUT2D eigenvalue weighted by Gasteiger charge is 2.48. The zero-order chi connectivity index (χ0) is 19.2. The number of amides is 1. The minimum Gasteiger partial charge on any atom is -0.388 e. The number of Topliss-reactive ketones (excluding diaryl/α,β-unsaturated/α-hetero) is 1. The number of nitrogens with zero attached hydrogens (tertiary/aromatic N) is 1. The molecule has 1 saturated heterocycles. The molecule has 1 fully saturated rings. The highest BCUT2D eigenvalue weighted by Crippen LogP contribution is 2.45. The van der Waals surface area contributed by atoms with Gasteiger partial charge in [-0.05, 0) is 68.4 Å². The fraction of sp³-hybridized carbons (Fsp3) is 0.391. The van der Waals surface area contributed by atoms with Crippen molar-refractivity contribution in [3.8, 4) is 0 Å². The Morgan fingerprint density at radius 1 is 1.11 bits per heavy atom. The SMILES string of the molecule is Cc1ccc(N2CC[C@@]3(CCc4ccc(C(=O)CO)cc4C3)C2=O)c(C)c1.S. The quantitative estimate of drug-likeness (QED) is 0.807. The van der Waals surface area contributed by atoms with Crippen LogP contribution in [0.5, 0.6) is 0 Å². The summed E-state index contributed by atoms with van der Waals surface area (Å²) >= 11 is 0. The number of hydrogen-bond acceptors (Lipinski definition) is 3. The van der Waals surface area contributed by atoms with Crippen molar-refractivity contribution in [1.82, 2.24) is 0 Å². The number of benzene rings is 2. The third-order valence-corrected chi connectivity index (χ3v) is 6.23. The summed E-state index contributed by atoms with van der Waals surface area (Å²) in [4.78, 5) is 27.2. The van der Waals surface area contributed by atoms with Gasteiger partial charge in [-0.25, -0.2) is 0 Å². The molecule has 4 nitrogen and oxygen atoms in total. The molecule has 28 heavy (non-hydrogen) atoms. The molecule has 2 aliphatic rings. The van der Waals surface area contributed by atoms with Gasteiger partial charge >= 0.3 is 0 Å². The van der Waals surface area contributed by atoms with E-state index in [0.717, 1.165) is 42.6 Å². The van der Waals surface area contributed by atoms with E-state index in [9.17, 15) is 9.59 Å². The zero-order valence-corrected chi connectivity index (χ0v) is 17.4. The Morgan fingerprint density at radius 2 is 1.89 bits per heavy atom. The summed E-state index contributed by atoms with van der Waals surface area (Å²) < 4.78 is 0. The molecule has 148 valence electrons. The monoisotopic (exact) mass is 397 g/mol. The van der Waals surface area contributed by atoms with Crippen molar-refractivity contribution >= 4 is 30.9 Å². The number of aliphatic hydroxyl groups is 1. The first-order valence-corrected chi connectivity index (χ1v) is 9.59. The van der Waals surface area contributed by atoms with Gasteiger partial charge in [0.15, 0.2) is 5.78 Å². The standard InChI is InChI=1S/C23H25NO3.H2S/c1-15-3-6-20(16(2)11-15)24-10-9-23(22(24)27)8-7-17-4-5-18(21(26)14-25)12-19(17)13-23;/h3-6,11-12,25H,7-10,13-14H2,1-2H3;1H2/t23-;/m1./s1. The summed E-state index contributed by atoms with van der Waals surface area (Å²) in [5.74, 6) is -0.0638. The maximum absolute atomic E-state index is 13.4. The van der Waals surface area contributed by atoms with E-state index in [2.05, 4.69) is 32.0 Å². The second-order valence-electron chi connectivity index (χ2n) is 8.02. The minimum absolute atomic E-state index is 0. The lowest BCUT2D eigenvalue weighted by Crippen LogP contribution is -2.39. The first kappa shape index (κ1) is 20.6. The summed E-state index contributed by atoms with van der Waals surface area (Å²) in [6.07, 6.45) is 3.23. The van der Waals surface area contributed by atoms with Gasteiger partial charge in [-0.2, -0.15) is 13.5 Å². The van der Waals surface area contributed by atoms with E-state index < -0.39 is 6.61 Å². The summed E-state index contributed by atoms with van der Waals surface area (Å²) in [7, 11) is 0. The molecule has 0 aromatic heterocycles. The fourth-order valence-corrected chi connectivity index (χ4v) is 4.68. The highest BCUT2D eigenvalue weighted by atomic mass is 32.1. The van der Waals surface area contributed by atoms with Gasteiger partial charge < -0.3 is 10.0 Å². The molecule has 0 saturated carbocycles. The molecule has 1 aliphatic heterocycles. The minimum atomic E-state index is -0.483. The number of carbonyl (C=O) groups is 2. The summed E-state index contributed by atoms with van der Waals surface area (Å²) in [6, 6.07) is 11.9. The van der Waals surface area contributed by atoms with Crippen molar-refractivity contribution in [2.24, 2.45) is 5.41 Å². The first-order chi connectivity index (χ1) is 12.9. The molecule has 0 bridgehead atoms. The van der Waals surface area contributed by atoms with Crippen LogP contribution in [0.3, 0.4) is 0 Å². The average molecular weight is 398 g/mol. The predicted octanol–water partition coefficient (Wildman–Crippen LogP) is 3.50. The Morgan fingerprint density at radius 3 is 2.61 bits per heavy atom. The molecule has 0 unspecified atom stereocenters. The predicted molar refractivity (Wildman–Crippen MR) is 116 cm³/mol. The van der Waals surface area contributed by atoms with Gasteiger partial charge in [0.05, 0.1) is 5.41 Å². The summed E-state index contributed by atoms with van der Waals surface area (Å²) in [5.41, 5.74) is 5.80. The van der Waals surface area contributed by atoms with Crippen LogP contribution in [-0.2, 0) is 17.6 Å². The lowest BCUT2D eigenvalue weighted by molar-refractivity contribution is -0.126. The molecule has 1 aliphatic carbocycles. The van der Waals surface area contributed by atoms with Crippen molar-refractivity contribution < 1.29 is 14.7 Å². The van der Waals surface area contributed by atoms with E-state index in [4.69, 9.17) is 5.11 Å². The lowest BCUT2D eigenvalue weighted by Gasteiger charge is -2.33. The Labute approximate surface area is 173 Å². The summed E-state index contributed by atoms with van der Waals surface area (Å²) in [6.45, 7) is 4.38. The molecular weight excluding hydrogens is 370 g/mol. The Hall–Kier alpha value is -2.11. The van der Waals surface area contributed by atoms with E-state index in [1.54, 1.807) is 6.07 Å². The van der Waals surface area contributed by atoms with Crippen molar-refractivity contribution in [1.29, 1.82) is 0 Å². The largest absolute Gasteiger partial charge is 0.388 e. The van der Waals surface area contributed by atoms with Crippen molar-refractivity contribution in [3.63, 3.8) is 0 Å². The Balaban J connectivity index is 0.00000225. The molecular formula is C23H27NO3S. The molecule has 1 heterocycles. The van der Waals surface area contributed by atoms with Gasteiger partial charge in [0.25, 0.3) is 0 Å². The number of anilines is 1. The maximum Gasteiger partial charge on any atom is 0.233 e. The van der Waals surface area contributed by atoms with Gasteiger partial charge in [0.2, 0.25) is 5.91 Å². The third-order valence-electron chi connectivity index (χ3n) is 6.23. The molecule has 5 heteroatoms. The second kappa shape index (κ2) is 7.72. The van der Waals surface area contributed by atoms with Crippen LogP contribution in [0, 0.1) is 19.3 Å². The zero-order valence-electron chi connectivity index (χ0n) is 16.4. The number of ketones is 1. The molecule has 0 radical (unpaired) electrons. The van der Waals surface area contributed by atoms with E-state index in [0.29, 0.717) is 12.0 Å². The molecule has 4 rings (SSSR count). The molecule has 1 N–H and O–H groups in total. The number of carbonyl (C=O) groups excluding carboxylic acids is 2. The van der Waals surface area contributed by atoms with E-state index in [1.807, 2.05) is 17.0 Å². The van der Waals surface area contributed by atoms with Crippen LogP contribution in [0.1, 0.15) is 45.5 Å². The molecule has 1 atom stereocenters. The molecule has 1 amide bonds. The van der Waals surface area contributed by atoms with Gasteiger partial charge in [0.1, 0.15) is 6.61 Å². The molecule has 2 aromatic carbocycles. The van der Waals surface area contributed by atoms with Crippen LogP contribution in [0.15, 0.2) is 36.4 Å². The van der Waals surface area contributed by atoms with Gasteiger partial charge in [0, 0.05) is 17.8 Å². The van der Waals surface area contributed by atoms with Crippen LogP contribution >= 0.6 is 13.5 Å². The smallest absolute Gasteiger partial charge is 0.233 e. The van der Waals surface area contributed by atoms with Gasteiger partial charge in [-0.15, -0.1) is 0 Å². The molecule has 1 spiro atoms. The average Bonchev–Trinajstić information content (AvgIpc) is 2.96. The van der Waals surface area contributed by atoms with Gasteiger partial charge in [-0.1, -0.05) is 29.8 Å². The number of fused-ring (bicyclic) bond motifs is 1. The second-order valence-corrected chi connectivity index (χ2v) is 8.02. The van der Waals surface area contributed by atoms with Crippen LogP contribution in [0.4, 0.5) is 5.69 Å². The molecule has 2 aromatic rings. The third kappa shape index (κ3) is 3.38. The van der Waals surface area contributed by atoms with Crippen molar-refractivity contribution in [3.05, 3.63) is 64.2 Å². The maximum atomic E-state index is 13.4. The van der Waals surface area contributed by atoms with Crippen LogP contribution in [0.25, 0.3) is 0 Å². The first-order valence-electron chi connectivity index (χ1n) is 9.59. The number of aryl methyl sites for hydroxylation is 3. The number of aliphatic hydroxyl groups excluding tert-OH is 1. The fourth-order valence-electron chi connectivity index (χ4n) is 4.68. The van der Waals surface area contributed by atoms with Crippen LogP contribution in [-0.4, -0.2) is 29.9 Å².